The highest BCUT2D eigenvalue weighted by Crippen LogP contribution is 2.11. The Labute approximate surface area is 355 Å². The van der Waals surface area contributed by atoms with E-state index in [4.69, 9.17) is 9.47 Å². The van der Waals surface area contributed by atoms with E-state index in [9.17, 15) is 14.7 Å². The maximum Gasteiger partial charge on any atom is 0.306 e. The number of carbonyl (C=O) groups is 2. The molecule has 58 heavy (non-hydrogen) atoms. The fourth-order valence-electron chi connectivity index (χ4n) is 5.58. The van der Waals surface area contributed by atoms with Crippen LogP contribution in [0.15, 0.2) is 134 Å². The highest BCUT2D eigenvalue weighted by Gasteiger charge is 2.16. The van der Waals surface area contributed by atoms with Gasteiger partial charge in [0.2, 0.25) is 0 Å². The predicted octanol–water partition coefficient (Wildman–Crippen LogP) is 15.0. The van der Waals surface area contributed by atoms with Gasteiger partial charge in [0, 0.05) is 12.8 Å². The first-order valence-corrected chi connectivity index (χ1v) is 22.7. The number of hydrogen-bond donors (Lipinski definition) is 1. The van der Waals surface area contributed by atoms with Crippen molar-refractivity contribution in [1.29, 1.82) is 0 Å². The van der Waals surface area contributed by atoms with E-state index in [1.807, 2.05) is 0 Å². The molecular formula is C53H82O5. The Morgan fingerprint density at radius 2 is 0.690 bits per heavy atom. The molecule has 0 aliphatic heterocycles. The van der Waals surface area contributed by atoms with Gasteiger partial charge < -0.3 is 14.6 Å². The van der Waals surface area contributed by atoms with Gasteiger partial charge in [0.05, 0.1) is 6.61 Å². The molecule has 0 radical (unpaired) electrons. The van der Waals surface area contributed by atoms with Crippen LogP contribution < -0.4 is 0 Å². The Balaban J connectivity index is 3.69. The van der Waals surface area contributed by atoms with E-state index >= 15 is 0 Å². The van der Waals surface area contributed by atoms with Crippen molar-refractivity contribution in [2.75, 3.05) is 13.2 Å². The van der Waals surface area contributed by atoms with E-state index in [1.54, 1.807) is 0 Å². The van der Waals surface area contributed by atoms with Gasteiger partial charge in [-0.2, -0.15) is 0 Å². The van der Waals surface area contributed by atoms with Crippen LogP contribution in [-0.2, 0) is 19.1 Å². The Hall–Kier alpha value is -3.96. The fraction of sp³-hybridized carbons (Fsp3) is 0.547. The Kier molecular flexibility index (Phi) is 44.2. The summed E-state index contributed by atoms with van der Waals surface area (Å²) in [5, 5.41) is 9.60. The third-order valence-corrected chi connectivity index (χ3v) is 8.94. The molecule has 0 bridgehead atoms. The molecule has 0 spiro atoms. The lowest BCUT2D eigenvalue weighted by Crippen LogP contribution is -2.28. The molecule has 1 N–H and O–H groups in total. The molecule has 0 aliphatic carbocycles. The second kappa shape index (κ2) is 47.4. The van der Waals surface area contributed by atoms with Crippen molar-refractivity contribution in [2.24, 2.45) is 0 Å². The van der Waals surface area contributed by atoms with Crippen LogP contribution in [0.2, 0.25) is 0 Å². The second-order valence-corrected chi connectivity index (χ2v) is 14.4. The van der Waals surface area contributed by atoms with Gasteiger partial charge in [-0.1, -0.05) is 180 Å². The van der Waals surface area contributed by atoms with Crippen molar-refractivity contribution in [3.05, 3.63) is 134 Å². The number of ether oxygens (including phenoxy) is 2. The highest BCUT2D eigenvalue weighted by molar-refractivity contribution is 5.70. The molecule has 324 valence electrons. The number of hydrogen-bond acceptors (Lipinski definition) is 5. The van der Waals surface area contributed by atoms with Crippen LogP contribution in [0.4, 0.5) is 0 Å². The molecule has 0 rings (SSSR count). The van der Waals surface area contributed by atoms with Crippen LogP contribution in [0.3, 0.4) is 0 Å². The number of aliphatic hydroxyl groups excluding tert-OH is 1. The van der Waals surface area contributed by atoms with Gasteiger partial charge in [0.25, 0.3) is 0 Å². The second-order valence-electron chi connectivity index (χ2n) is 14.4. The highest BCUT2D eigenvalue weighted by atomic mass is 16.6. The molecule has 1 unspecified atom stereocenters. The standard InChI is InChI=1S/C53H82O5/c1-3-5-7-9-11-13-15-17-19-21-23-24-25-26-27-28-30-32-34-36-38-40-42-44-46-48-53(56)58-51(49-54)50-57-52(55)47-45-43-41-39-37-35-33-31-29-22-20-18-16-14-12-10-8-6-4-2/h5-8,11-14,17-20,23-24,26-27,29-32,35,37,51,54H,3-4,9-10,15-16,21-22,25,28,33-34,36,38-50H2,1-2H3/b7-5-,8-6-,13-11-,14-12-,19-17-,20-18-,24-23-,27-26-,31-29-,32-30-,37-35-. The van der Waals surface area contributed by atoms with Crippen LogP contribution in [0.25, 0.3) is 0 Å². The molecule has 0 saturated heterocycles. The van der Waals surface area contributed by atoms with Gasteiger partial charge in [0.1, 0.15) is 6.61 Å². The number of esters is 2. The minimum atomic E-state index is -0.805. The Bertz CT molecular complexity index is 1270. The average molecular weight is 799 g/mol. The van der Waals surface area contributed by atoms with Crippen LogP contribution in [0.1, 0.15) is 168 Å². The first-order chi connectivity index (χ1) is 28.6. The third kappa shape index (κ3) is 44.8. The number of carbonyl (C=O) groups excluding carboxylic acids is 2. The summed E-state index contributed by atoms with van der Waals surface area (Å²) in [5.41, 5.74) is 0. The maximum absolute atomic E-state index is 12.2. The van der Waals surface area contributed by atoms with Crippen molar-refractivity contribution >= 4 is 11.9 Å². The van der Waals surface area contributed by atoms with E-state index in [2.05, 4.69) is 148 Å². The van der Waals surface area contributed by atoms with Crippen molar-refractivity contribution in [1.82, 2.24) is 0 Å². The number of allylic oxidation sites excluding steroid dienone is 22. The monoisotopic (exact) mass is 799 g/mol. The first-order valence-electron chi connectivity index (χ1n) is 22.7. The summed E-state index contributed by atoms with van der Waals surface area (Å²) in [5.74, 6) is -0.659. The number of aliphatic hydroxyl groups is 1. The Morgan fingerprint density at radius 1 is 0.397 bits per heavy atom. The van der Waals surface area contributed by atoms with Gasteiger partial charge in [-0.05, 0) is 109 Å². The van der Waals surface area contributed by atoms with Crippen molar-refractivity contribution in [3.63, 3.8) is 0 Å². The summed E-state index contributed by atoms with van der Waals surface area (Å²) < 4.78 is 10.6. The number of rotatable bonds is 39. The molecule has 0 aromatic carbocycles. The minimum Gasteiger partial charge on any atom is -0.462 e. The molecule has 0 amide bonds. The summed E-state index contributed by atoms with van der Waals surface area (Å²) in [4.78, 5) is 24.4. The van der Waals surface area contributed by atoms with Crippen molar-refractivity contribution in [2.45, 2.75) is 174 Å². The molecule has 5 nitrogen and oxygen atoms in total. The lowest BCUT2D eigenvalue weighted by molar-refractivity contribution is -0.161. The average Bonchev–Trinajstić information content (AvgIpc) is 3.23. The lowest BCUT2D eigenvalue weighted by atomic mass is 10.1. The smallest absolute Gasteiger partial charge is 0.306 e. The van der Waals surface area contributed by atoms with Crippen molar-refractivity contribution < 1.29 is 24.2 Å². The summed E-state index contributed by atoms with van der Waals surface area (Å²) in [6.07, 6.45) is 70.9. The number of unbranched alkanes of at least 4 members (excludes halogenated alkanes) is 9. The van der Waals surface area contributed by atoms with Crippen LogP contribution in [0.5, 0.6) is 0 Å². The lowest BCUT2D eigenvalue weighted by Gasteiger charge is -2.15. The van der Waals surface area contributed by atoms with Gasteiger partial charge in [-0.25, -0.2) is 0 Å². The van der Waals surface area contributed by atoms with E-state index < -0.39 is 6.10 Å². The fourth-order valence-corrected chi connectivity index (χ4v) is 5.58. The van der Waals surface area contributed by atoms with Crippen molar-refractivity contribution in [3.8, 4) is 0 Å². The van der Waals surface area contributed by atoms with Gasteiger partial charge >= 0.3 is 11.9 Å². The third-order valence-electron chi connectivity index (χ3n) is 8.94. The molecule has 0 fully saturated rings. The van der Waals surface area contributed by atoms with E-state index in [-0.39, 0.29) is 25.2 Å². The topological polar surface area (TPSA) is 72.8 Å². The predicted molar refractivity (Wildman–Crippen MR) is 251 cm³/mol. The molecule has 5 heteroatoms. The zero-order valence-corrected chi connectivity index (χ0v) is 36.7. The van der Waals surface area contributed by atoms with Gasteiger partial charge in [-0.3, -0.25) is 9.59 Å². The molecule has 1 atom stereocenters. The normalized spacial score (nSPS) is 13.5. The van der Waals surface area contributed by atoms with E-state index in [0.29, 0.717) is 12.8 Å². The minimum absolute atomic E-state index is 0.0993. The molecule has 0 aromatic rings. The van der Waals surface area contributed by atoms with E-state index in [1.165, 1.54) is 12.8 Å². The van der Waals surface area contributed by atoms with Crippen LogP contribution >= 0.6 is 0 Å². The van der Waals surface area contributed by atoms with Crippen LogP contribution in [0, 0.1) is 0 Å². The zero-order valence-electron chi connectivity index (χ0n) is 36.7. The molecule has 0 aliphatic rings. The Morgan fingerprint density at radius 3 is 1.05 bits per heavy atom. The maximum atomic E-state index is 12.2. The molecule has 0 heterocycles. The first kappa shape index (κ1) is 54.0. The summed E-state index contributed by atoms with van der Waals surface area (Å²) in [7, 11) is 0. The quantitative estimate of drug-likeness (QED) is 0.0381. The molecule has 0 aromatic heterocycles. The zero-order chi connectivity index (χ0) is 42.1. The van der Waals surface area contributed by atoms with Crippen LogP contribution in [-0.4, -0.2) is 36.4 Å². The summed E-state index contributed by atoms with van der Waals surface area (Å²) >= 11 is 0. The molecular weight excluding hydrogens is 717 g/mol. The SMILES string of the molecule is CC/C=C\C/C=C\C/C=C\C/C=C\C/C=C\C/C=C\CCCCCCCCC(=O)OC(CO)COC(=O)CCCCC/C=C\C/C=C\C/C=C\C/C=C\C/C=C\CC. The van der Waals surface area contributed by atoms with Gasteiger partial charge in [-0.15, -0.1) is 0 Å². The summed E-state index contributed by atoms with van der Waals surface area (Å²) in [6.45, 7) is 3.85. The molecule has 0 saturated carbocycles. The largest absolute Gasteiger partial charge is 0.462 e. The van der Waals surface area contributed by atoms with E-state index in [0.717, 1.165) is 128 Å². The van der Waals surface area contributed by atoms with Gasteiger partial charge in [0.15, 0.2) is 6.10 Å². The summed E-state index contributed by atoms with van der Waals surface area (Å²) in [6, 6.07) is 0.